The van der Waals surface area contributed by atoms with E-state index in [2.05, 4.69) is 15.4 Å². The summed E-state index contributed by atoms with van der Waals surface area (Å²) in [4.78, 5) is 24.4. The third-order valence-electron chi connectivity index (χ3n) is 3.92. The van der Waals surface area contributed by atoms with Crippen LogP contribution in [0.5, 0.6) is 11.5 Å². The van der Waals surface area contributed by atoms with Gasteiger partial charge < -0.3 is 20.1 Å². The average Bonchev–Trinajstić information content (AvgIpc) is 2.72. The van der Waals surface area contributed by atoms with Crippen LogP contribution in [0.3, 0.4) is 0 Å². The number of benzene rings is 2. The Labute approximate surface area is 169 Å². The zero-order valence-corrected chi connectivity index (χ0v) is 15.9. The second-order valence-electron chi connectivity index (χ2n) is 5.82. The predicted octanol–water partition coefficient (Wildman–Crippen LogP) is 3.19. The Kier molecular flexibility index (Phi) is 7.79. The Bertz CT molecular complexity index is 950. The highest BCUT2D eigenvalue weighted by atomic mass is 19.3. The van der Waals surface area contributed by atoms with Gasteiger partial charge in [0.2, 0.25) is 11.8 Å². The third-order valence-corrected chi connectivity index (χ3v) is 3.92. The first-order valence-corrected chi connectivity index (χ1v) is 8.53. The molecule has 0 bridgehead atoms. The summed E-state index contributed by atoms with van der Waals surface area (Å²) in [7, 11) is 2.57. The third kappa shape index (κ3) is 5.72. The maximum absolute atomic E-state index is 13.5. The van der Waals surface area contributed by atoms with Crippen LogP contribution in [0.1, 0.15) is 17.2 Å². The SMILES string of the molecule is CNC(=O)C(NC(=O)/C=C/c1cccc(OC)c1OC(F)F)c1ccc(F)c(F)c1. The molecule has 10 heteroatoms. The molecule has 1 atom stereocenters. The number of alkyl halides is 2. The van der Waals surface area contributed by atoms with Gasteiger partial charge in [-0.15, -0.1) is 0 Å². The first-order valence-electron chi connectivity index (χ1n) is 8.53. The number of amides is 2. The number of carbonyl (C=O) groups is 2. The zero-order chi connectivity index (χ0) is 22.3. The van der Waals surface area contributed by atoms with Crippen molar-refractivity contribution in [2.24, 2.45) is 0 Å². The molecule has 2 aromatic carbocycles. The number of nitrogens with one attached hydrogen (secondary N) is 2. The number of para-hydroxylation sites is 1. The highest BCUT2D eigenvalue weighted by molar-refractivity contribution is 5.96. The topological polar surface area (TPSA) is 76.7 Å². The van der Waals surface area contributed by atoms with Crippen molar-refractivity contribution in [2.75, 3.05) is 14.2 Å². The van der Waals surface area contributed by atoms with E-state index < -0.39 is 36.1 Å². The van der Waals surface area contributed by atoms with E-state index in [9.17, 15) is 27.2 Å². The van der Waals surface area contributed by atoms with Crippen molar-refractivity contribution in [3.63, 3.8) is 0 Å². The monoisotopic (exact) mass is 426 g/mol. The number of ether oxygens (including phenoxy) is 2. The van der Waals surface area contributed by atoms with E-state index in [1.54, 1.807) is 0 Å². The van der Waals surface area contributed by atoms with Crippen molar-refractivity contribution >= 4 is 17.9 Å². The molecule has 0 saturated carbocycles. The van der Waals surface area contributed by atoms with Crippen molar-refractivity contribution < 1.29 is 36.6 Å². The molecule has 2 amide bonds. The van der Waals surface area contributed by atoms with Crippen molar-refractivity contribution in [2.45, 2.75) is 12.7 Å². The van der Waals surface area contributed by atoms with E-state index in [1.807, 2.05) is 0 Å². The van der Waals surface area contributed by atoms with Crippen LogP contribution in [0.2, 0.25) is 0 Å². The Morgan fingerprint density at radius 3 is 2.43 bits per heavy atom. The van der Waals surface area contributed by atoms with Gasteiger partial charge in [0.05, 0.1) is 7.11 Å². The summed E-state index contributed by atoms with van der Waals surface area (Å²) in [6.07, 6.45) is 2.16. The normalized spacial score (nSPS) is 12.0. The van der Waals surface area contributed by atoms with Crippen LogP contribution in [0.25, 0.3) is 6.08 Å². The maximum Gasteiger partial charge on any atom is 0.387 e. The molecule has 0 aliphatic carbocycles. The quantitative estimate of drug-likeness (QED) is 0.502. The summed E-state index contributed by atoms with van der Waals surface area (Å²) in [5.41, 5.74) is 0.132. The second-order valence-corrected chi connectivity index (χ2v) is 5.82. The Morgan fingerprint density at radius 1 is 1.10 bits per heavy atom. The lowest BCUT2D eigenvalue weighted by atomic mass is 10.1. The molecule has 1 unspecified atom stereocenters. The fourth-order valence-electron chi connectivity index (χ4n) is 2.53. The number of halogens is 4. The minimum absolute atomic E-state index is 0.0121. The first-order chi connectivity index (χ1) is 14.3. The molecule has 0 aliphatic rings. The zero-order valence-electron chi connectivity index (χ0n) is 15.9. The Hall–Kier alpha value is -3.56. The molecule has 0 aliphatic heterocycles. The number of likely N-dealkylation sites (N-methyl/N-ethyl adjacent to an activating group) is 1. The largest absolute Gasteiger partial charge is 0.493 e. The molecular weight excluding hydrogens is 408 g/mol. The molecular formula is C20H18F4N2O4. The van der Waals surface area contributed by atoms with E-state index in [4.69, 9.17) is 4.74 Å². The van der Waals surface area contributed by atoms with Gasteiger partial charge in [-0.05, 0) is 29.8 Å². The predicted molar refractivity (Wildman–Crippen MR) is 100.0 cm³/mol. The molecule has 2 N–H and O–H groups in total. The van der Waals surface area contributed by atoms with Crippen LogP contribution in [0, 0.1) is 11.6 Å². The lowest BCUT2D eigenvalue weighted by Gasteiger charge is -2.17. The molecule has 0 spiro atoms. The molecule has 160 valence electrons. The van der Waals surface area contributed by atoms with E-state index in [1.165, 1.54) is 38.4 Å². The molecule has 0 saturated heterocycles. The van der Waals surface area contributed by atoms with Crippen molar-refractivity contribution in [1.82, 2.24) is 10.6 Å². The molecule has 0 aromatic heterocycles. The van der Waals surface area contributed by atoms with Gasteiger partial charge in [-0.2, -0.15) is 8.78 Å². The minimum Gasteiger partial charge on any atom is -0.493 e. The summed E-state index contributed by atoms with van der Waals surface area (Å²) >= 11 is 0. The summed E-state index contributed by atoms with van der Waals surface area (Å²) in [5, 5.41) is 4.65. The Morgan fingerprint density at radius 2 is 1.83 bits per heavy atom. The number of methoxy groups -OCH3 is 1. The van der Waals surface area contributed by atoms with Gasteiger partial charge in [-0.1, -0.05) is 18.2 Å². The van der Waals surface area contributed by atoms with Crippen molar-refractivity contribution in [3.05, 3.63) is 65.2 Å². The fraction of sp³-hybridized carbons (Fsp3) is 0.200. The van der Waals surface area contributed by atoms with Gasteiger partial charge in [0.1, 0.15) is 6.04 Å². The van der Waals surface area contributed by atoms with Gasteiger partial charge in [0, 0.05) is 18.7 Å². The van der Waals surface area contributed by atoms with Crippen LogP contribution in [-0.2, 0) is 9.59 Å². The van der Waals surface area contributed by atoms with Crippen LogP contribution < -0.4 is 20.1 Å². The number of hydrogen-bond acceptors (Lipinski definition) is 4. The van der Waals surface area contributed by atoms with Gasteiger partial charge in [0.15, 0.2) is 23.1 Å². The summed E-state index contributed by atoms with van der Waals surface area (Å²) in [5.74, 6) is -4.00. The lowest BCUT2D eigenvalue weighted by Crippen LogP contribution is -2.38. The van der Waals surface area contributed by atoms with Crippen LogP contribution >= 0.6 is 0 Å². The first kappa shape index (κ1) is 22.7. The molecule has 0 fully saturated rings. The smallest absolute Gasteiger partial charge is 0.387 e. The molecule has 30 heavy (non-hydrogen) atoms. The van der Waals surface area contributed by atoms with Gasteiger partial charge in [-0.3, -0.25) is 9.59 Å². The molecule has 0 radical (unpaired) electrons. The second kappa shape index (κ2) is 10.3. The average molecular weight is 426 g/mol. The van der Waals surface area contributed by atoms with Gasteiger partial charge in [-0.25, -0.2) is 8.78 Å². The van der Waals surface area contributed by atoms with E-state index in [-0.39, 0.29) is 22.6 Å². The van der Waals surface area contributed by atoms with E-state index >= 15 is 0 Å². The summed E-state index contributed by atoms with van der Waals surface area (Å²) in [6, 6.07) is 5.77. The number of hydrogen-bond donors (Lipinski definition) is 2. The van der Waals surface area contributed by atoms with Gasteiger partial charge in [0.25, 0.3) is 0 Å². The summed E-state index contributed by atoms with van der Waals surface area (Å²) in [6.45, 7) is -3.12. The lowest BCUT2D eigenvalue weighted by molar-refractivity contribution is -0.126. The number of rotatable bonds is 8. The molecule has 2 aromatic rings. The van der Waals surface area contributed by atoms with E-state index in [0.717, 1.165) is 24.3 Å². The highest BCUT2D eigenvalue weighted by Crippen LogP contribution is 2.33. The molecule has 2 rings (SSSR count). The van der Waals surface area contributed by atoms with Crippen LogP contribution in [-0.4, -0.2) is 32.6 Å². The van der Waals surface area contributed by atoms with Gasteiger partial charge >= 0.3 is 6.61 Å². The molecule has 6 nitrogen and oxygen atoms in total. The fourth-order valence-corrected chi connectivity index (χ4v) is 2.53. The van der Waals surface area contributed by atoms with Crippen LogP contribution in [0.15, 0.2) is 42.5 Å². The standard InChI is InChI=1S/C20H18F4N2O4/c1-25-19(28)17(12-6-8-13(21)14(22)10-12)26-16(27)9-7-11-4-3-5-15(29-2)18(11)30-20(23)24/h3-10,17,20H,1-2H3,(H,25,28)(H,26,27)/b9-7+. The summed E-state index contributed by atoms with van der Waals surface area (Å²) < 4.78 is 61.5. The minimum atomic E-state index is -3.12. The van der Waals surface area contributed by atoms with E-state index in [0.29, 0.717) is 0 Å². The Balaban J connectivity index is 2.26. The van der Waals surface area contributed by atoms with Crippen molar-refractivity contribution in [1.29, 1.82) is 0 Å². The highest BCUT2D eigenvalue weighted by Gasteiger charge is 2.22. The molecule has 0 heterocycles. The van der Waals surface area contributed by atoms with Crippen LogP contribution in [0.4, 0.5) is 17.6 Å². The number of carbonyl (C=O) groups excluding carboxylic acids is 2. The maximum atomic E-state index is 13.5. The van der Waals surface area contributed by atoms with Crippen molar-refractivity contribution in [3.8, 4) is 11.5 Å².